The van der Waals surface area contributed by atoms with Gasteiger partial charge in [-0.2, -0.15) is 0 Å². The number of hydrogen-bond donors (Lipinski definition) is 0. The summed E-state index contributed by atoms with van der Waals surface area (Å²) in [4.78, 5) is 2.07. The third-order valence-corrected chi connectivity index (χ3v) is 1.93. The number of ether oxygens (including phenoxy) is 1. The number of rotatable bonds is 8. The molecule has 0 aromatic rings. The van der Waals surface area contributed by atoms with Crippen molar-refractivity contribution in [3.63, 3.8) is 0 Å². The van der Waals surface area contributed by atoms with Crippen molar-refractivity contribution in [1.82, 2.24) is 4.90 Å². The molecule has 0 fully saturated rings. The lowest BCUT2D eigenvalue weighted by atomic mass is 10.3. The highest BCUT2D eigenvalue weighted by molar-refractivity contribution is 5.03. The summed E-state index contributed by atoms with van der Waals surface area (Å²) in [6, 6.07) is 0. The van der Waals surface area contributed by atoms with E-state index in [-0.39, 0.29) is 0 Å². The van der Waals surface area contributed by atoms with Crippen LogP contribution in [0.25, 0.3) is 0 Å². The fourth-order valence-electron chi connectivity index (χ4n) is 1.21. The molecule has 16 heavy (non-hydrogen) atoms. The normalized spacial score (nSPS) is 11.6. The van der Waals surface area contributed by atoms with Crippen molar-refractivity contribution in [2.24, 2.45) is 0 Å². The first kappa shape index (κ1) is 14.6. The molecule has 0 aliphatic heterocycles. The van der Waals surface area contributed by atoms with Crippen LogP contribution in [0.3, 0.4) is 0 Å². The predicted octanol–water partition coefficient (Wildman–Crippen LogP) is 3.85. The Bertz CT molecular complexity index is 276. The van der Waals surface area contributed by atoms with Gasteiger partial charge in [0.2, 0.25) is 0 Å². The molecule has 0 atom stereocenters. The van der Waals surface area contributed by atoms with Gasteiger partial charge in [0, 0.05) is 20.0 Å². The van der Waals surface area contributed by atoms with Crippen molar-refractivity contribution in [2.45, 2.75) is 26.7 Å². The molecular weight excluding hydrogens is 198 g/mol. The van der Waals surface area contributed by atoms with E-state index in [1.54, 1.807) is 12.3 Å². The van der Waals surface area contributed by atoms with Crippen LogP contribution in [-0.2, 0) is 4.74 Å². The monoisotopic (exact) mass is 221 g/mol. The Balaban J connectivity index is 3.99. The molecular formula is C14H23NO. The Morgan fingerprint density at radius 3 is 2.69 bits per heavy atom. The lowest BCUT2D eigenvalue weighted by molar-refractivity contribution is 0.327. The summed E-state index contributed by atoms with van der Waals surface area (Å²) in [5.41, 5.74) is 1.16. The minimum absolute atomic E-state index is 0.825. The van der Waals surface area contributed by atoms with Crippen LogP contribution in [0.2, 0.25) is 0 Å². The second-order valence-corrected chi connectivity index (χ2v) is 3.86. The van der Waals surface area contributed by atoms with Crippen LogP contribution in [0, 0.1) is 0 Å². The minimum Gasteiger partial charge on any atom is -0.470 e. The highest BCUT2D eigenvalue weighted by atomic mass is 16.5. The third kappa shape index (κ3) is 7.92. The van der Waals surface area contributed by atoms with Crippen LogP contribution in [0.15, 0.2) is 49.1 Å². The molecule has 90 valence electrons. The molecule has 2 heteroatoms. The van der Waals surface area contributed by atoms with Crippen LogP contribution >= 0.6 is 0 Å². The first-order valence-electron chi connectivity index (χ1n) is 5.59. The van der Waals surface area contributed by atoms with Gasteiger partial charge in [0.25, 0.3) is 0 Å². The molecule has 0 heterocycles. The molecule has 0 spiro atoms. The molecule has 0 unspecified atom stereocenters. The maximum absolute atomic E-state index is 5.42. The Kier molecular flexibility index (Phi) is 8.04. The molecule has 2 nitrogen and oxygen atoms in total. The van der Waals surface area contributed by atoms with Gasteiger partial charge in [0.05, 0.1) is 12.0 Å². The summed E-state index contributed by atoms with van der Waals surface area (Å²) in [6.07, 6.45) is 9.39. The van der Waals surface area contributed by atoms with E-state index in [2.05, 4.69) is 25.0 Å². The molecule has 0 amide bonds. The van der Waals surface area contributed by atoms with E-state index in [0.717, 1.165) is 30.7 Å². The average Bonchev–Trinajstić information content (AvgIpc) is 2.24. The molecule has 0 aromatic heterocycles. The van der Waals surface area contributed by atoms with Gasteiger partial charge in [0.15, 0.2) is 0 Å². The van der Waals surface area contributed by atoms with E-state index in [9.17, 15) is 0 Å². The molecule has 0 radical (unpaired) electrons. The summed E-state index contributed by atoms with van der Waals surface area (Å²) in [6.45, 7) is 12.5. The van der Waals surface area contributed by atoms with Crippen molar-refractivity contribution in [3.8, 4) is 0 Å². The molecule has 0 bridgehead atoms. The van der Waals surface area contributed by atoms with Crippen molar-refractivity contribution in [2.75, 3.05) is 13.6 Å². The second kappa shape index (κ2) is 8.84. The highest BCUT2D eigenvalue weighted by Crippen LogP contribution is 2.06. The summed E-state index contributed by atoms with van der Waals surface area (Å²) in [5, 5.41) is 0. The smallest absolute Gasteiger partial charge is 0.0960 e. The van der Waals surface area contributed by atoms with Gasteiger partial charge in [-0.15, -0.1) is 0 Å². The van der Waals surface area contributed by atoms with Gasteiger partial charge in [-0.25, -0.2) is 0 Å². The lowest BCUT2D eigenvalue weighted by Gasteiger charge is -2.14. The maximum atomic E-state index is 5.42. The Morgan fingerprint density at radius 2 is 2.12 bits per heavy atom. The highest BCUT2D eigenvalue weighted by Gasteiger charge is 1.95. The lowest BCUT2D eigenvalue weighted by Crippen LogP contribution is -2.13. The van der Waals surface area contributed by atoms with Gasteiger partial charge >= 0.3 is 0 Å². The number of likely N-dealkylation sites (N-methyl/N-ethyl adjacent to an activating group) is 1. The van der Waals surface area contributed by atoms with Crippen LogP contribution < -0.4 is 0 Å². The van der Waals surface area contributed by atoms with E-state index in [1.165, 1.54) is 0 Å². The van der Waals surface area contributed by atoms with Gasteiger partial charge in [-0.05, 0) is 31.2 Å². The zero-order chi connectivity index (χ0) is 12.4. The standard InChI is InChI=1S/C14H23NO/c1-6-8-10-15(5)11-13(3)12-16-14(4)9-7-2/h6,8,10,12H,1,4,7,9,11H2,2-3,5H3/b10-8-,13-12+. The Morgan fingerprint density at radius 1 is 1.44 bits per heavy atom. The molecule has 0 saturated heterocycles. The number of nitrogens with zero attached hydrogens (tertiary/aromatic N) is 1. The van der Waals surface area contributed by atoms with Gasteiger partial charge < -0.3 is 9.64 Å². The summed E-state index contributed by atoms with van der Waals surface area (Å²) < 4.78 is 5.42. The van der Waals surface area contributed by atoms with Crippen molar-refractivity contribution in [1.29, 1.82) is 0 Å². The summed E-state index contributed by atoms with van der Waals surface area (Å²) in [5.74, 6) is 0.825. The van der Waals surface area contributed by atoms with Crippen LogP contribution in [0.1, 0.15) is 26.7 Å². The van der Waals surface area contributed by atoms with E-state index < -0.39 is 0 Å². The Hall–Kier alpha value is -1.44. The maximum Gasteiger partial charge on any atom is 0.0960 e. The van der Waals surface area contributed by atoms with Gasteiger partial charge in [0.1, 0.15) is 0 Å². The van der Waals surface area contributed by atoms with E-state index in [1.807, 2.05) is 26.2 Å². The number of allylic oxidation sites excluding steroid dienone is 3. The average molecular weight is 221 g/mol. The molecule has 0 N–H and O–H groups in total. The molecule has 0 saturated carbocycles. The molecule has 0 aliphatic carbocycles. The quantitative estimate of drug-likeness (QED) is 0.456. The van der Waals surface area contributed by atoms with Crippen LogP contribution in [0.4, 0.5) is 0 Å². The fraction of sp³-hybridized carbons (Fsp3) is 0.429. The largest absolute Gasteiger partial charge is 0.470 e. The number of hydrogen-bond acceptors (Lipinski definition) is 2. The van der Waals surface area contributed by atoms with Gasteiger partial charge in [-0.1, -0.05) is 26.2 Å². The van der Waals surface area contributed by atoms with Crippen molar-refractivity contribution < 1.29 is 4.74 Å². The topological polar surface area (TPSA) is 12.5 Å². The third-order valence-electron chi connectivity index (χ3n) is 1.93. The van der Waals surface area contributed by atoms with E-state index in [4.69, 9.17) is 4.74 Å². The second-order valence-electron chi connectivity index (χ2n) is 3.86. The van der Waals surface area contributed by atoms with Gasteiger partial charge in [-0.3, -0.25) is 0 Å². The first-order valence-corrected chi connectivity index (χ1v) is 5.59. The zero-order valence-electron chi connectivity index (χ0n) is 10.7. The van der Waals surface area contributed by atoms with E-state index in [0.29, 0.717) is 0 Å². The minimum atomic E-state index is 0.825. The van der Waals surface area contributed by atoms with Crippen LogP contribution in [-0.4, -0.2) is 18.5 Å². The predicted molar refractivity (Wildman–Crippen MR) is 70.9 cm³/mol. The SMILES string of the molecule is C=C/C=C\N(C)C/C(C)=C/OC(=C)CCC. The van der Waals surface area contributed by atoms with Crippen LogP contribution in [0.5, 0.6) is 0 Å². The summed E-state index contributed by atoms with van der Waals surface area (Å²) >= 11 is 0. The molecule has 0 rings (SSSR count). The van der Waals surface area contributed by atoms with Crippen molar-refractivity contribution >= 4 is 0 Å². The Labute approximate surface area is 99.6 Å². The first-order chi connectivity index (χ1) is 7.60. The fourth-order valence-corrected chi connectivity index (χ4v) is 1.21. The van der Waals surface area contributed by atoms with E-state index >= 15 is 0 Å². The van der Waals surface area contributed by atoms with Crippen molar-refractivity contribution in [3.05, 3.63) is 49.1 Å². The molecule has 0 aliphatic rings. The summed E-state index contributed by atoms with van der Waals surface area (Å²) in [7, 11) is 2.01. The molecule has 0 aromatic carbocycles. The zero-order valence-corrected chi connectivity index (χ0v) is 10.7.